The van der Waals surface area contributed by atoms with E-state index in [1.807, 2.05) is 63.8 Å². The van der Waals surface area contributed by atoms with E-state index < -0.39 is 28.9 Å². The maximum atomic E-state index is 13.0. The molecular weight excluding hydrogens is 1100 g/mol. The monoisotopic (exact) mass is 1160 g/mol. The van der Waals surface area contributed by atoms with Gasteiger partial charge in [-0.15, -0.1) is 13.2 Å². The van der Waals surface area contributed by atoms with Gasteiger partial charge in [-0.05, 0) is 81.8 Å². The summed E-state index contributed by atoms with van der Waals surface area (Å²) in [6.45, 7) is 13.9. The molecule has 6 aromatic rings. The summed E-state index contributed by atoms with van der Waals surface area (Å²) in [5.74, 6) is 1.05. The number of benzene rings is 4. The molecule has 0 fully saturated rings. The summed E-state index contributed by atoms with van der Waals surface area (Å²) in [5, 5.41) is 20.2. The van der Waals surface area contributed by atoms with Crippen molar-refractivity contribution in [2.24, 2.45) is 0 Å². The number of carbonyl (C=O) groups is 2. The van der Waals surface area contributed by atoms with Crippen LogP contribution in [0.25, 0.3) is 0 Å². The maximum absolute atomic E-state index is 13.0. The van der Waals surface area contributed by atoms with E-state index in [4.69, 9.17) is 32.7 Å². The number of halogens is 8. The number of amides is 2. The molecule has 0 saturated carbocycles. The summed E-state index contributed by atoms with van der Waals surface area (Å²) in [6, 6.07) is 17.2. The van der Waals surface area contributed by atoms with Crippen molar-refractivity contribution >= 4 is 104 Å². The van der Waals surface area contributed by atoms with E-state index in [-0.39, 0.29) is 16.8 Å². The molecule has 0 aliphatic heterocycles. The van der Waals surface area contributed by atoms with Crippen LogP contribution < -0.4 is 61.2 Å². The van der Waals surface area contributed by atoms with Gasteiger partial charge in [0.15, 0.2) is 0 Å². The number of rotatable bonds is 23. The zero-order chi connectivity index (χ0) is 59.3. The Morgan fingerprint density at radius 1 is 0.588 bits per heavy atom. The fourth-order valence-corrected chi connectivity index (χ4v) is 7.42. The molecule has 4 aromatic carbocycles. The fraction of sp³-hybridized carbons (Fsp3) is 0.283. The number of methoxy groups -OCH3 is 2. The summed E-state index contributed by atoms with van der Waals surface area (Å²) < 4.78 is 91.6. The lowest BCUT2D eigenvalue weighted by Crippen LogP contribution is -2.29. The Labute approximate surface area is 469 Å². The largest absolute Gasteiger partial charge is 0.573 e. The lowest BCUT2D eigenvalue weighted by atomic mass is 10.2. The Hall–Kier alpha value is -8.26. The molecule has 2 amide bonds. The number of nitrogens with zero attached hydrogens (tertiary/aromatic N) is 7. The average Bonchev–Trinajstić information content (AvgIpc) is 3.47. The van der Waals surface area contributed by atoms with Crippen LogP contribution in [0.4, 0.5) is 95.1 Å². The fourth-order valence-electron chi connectivity index (χ4n) is 6.91. The van der Waals surface area contributed by atoms with Gasteiger partial charge in [0.25, 0.3) is 0 Å². The van der Waals surface area contributed by atoms with Gasteiger partial charge in [-0.25, -0.2) is 19.9 Å². The minimum Gasteiger partial charge on any atom is -0.494 e. The van der Waals surface area contributed by atoms with Crippen LogP contribution in [0.5, 0.6) is 17.2 Å². The summed E-state index contributed by atoms with van der Waals surface area (Å²) >= 11 is 11.8. The van der Waals surface area contributed by atoms with Crippen molar-refractivity contribution in [1.29, 1.82) is 0 Å². The number of anilines is 12. The summed E-state index contributed by atoms with van der Waals surface area (Å²) in [7, 11) is 12.6. The molecule has 0 spiro atoms. The van der Waals surface area contributed by atoms with Gasteiger partial charge in [-0.1, -0.05) is 50.2 Å². The quantitative estimate of drug-likeness (QED) is 0.0235. The van der Waals surface area contributed by atoms with Crippen molar-refractivity contribution in [2.75, 3.05) is 117 Å². The van der Waals surface area contributed by atoms with E-state index in [1.54, 1.807) is 36.4 Å². The highest BCUT2D eigenvalue weighted by atomic mass is 35.5. The number of aromatic nitrogens is 4. The molecule has 430 valence electrons. The van der Waals surface area contributed by atoms with E-state index in [1.165, 1.54) is 63.3 Å². The molecule has 27 heteroatoms. The van der Waals surface area contributed by atoms with E-state index in [0.29, 0.717) is 88.5 Å². The number of hydrogen-bond donors (Lipinski definition) is 7. The first kappa shape index (κ1) is 64.3. The molecule has 6 rings (SSSR count). The molecule has 80 heavy (non-hydrogen) atoms. The van der Waals surface area contributed by atoms with Gasteiger partial charge >= 0.3 is 12.5 Å². The number of alkyl halides is 6. The molecule has 0 radical (unpaired) electrons. The zero-order valence-corrected chi connectivity index (χ0v) is 46.7. The summed E-state index contributed by atoms with van der Waals surface area (Å²) in [5.41, 5.74) is 3.27. The Morgan fingerprint density at radius 3 is 1.41 bits per heavy atom. The third-order valence-electron chi connectivity index (χ3n) is 10.8. The molecular formula is C53H62Cl2F6N14O5. The van der Waals surface area contributed by atoms with Crippen molar-refractivity contribution in [3.8, 4) is 17.2 Å². The molecule has 2 aromatic heterocycles. The highest BCUT2D eigenvalue weighted by Crippen LogP contribution is 2.41. The molecule has 7 N–H and O–H groups in total. The third kappa shape index (κ3) is 19.6. The predicted molar refractivity (Wildman–Crippen MR) is 306 cm³/mol. The molecule has 0 saturated heterocycles. The first-order valence-corrected chi connectivity index (χ1v) is 24.9. The normalized spacial score (nSPS) is 10.9. The number of ether oxygens (including phenoxy) is 3. The van der Waals surface area contributed by atoms with Crippen molar-refractivity contribution in [3.63, 3.8) is 0 Å². The van der Waals surface area contributed by atoms with Crippen LogP contribution in [0.3, 0.4) is 0 Å². The van der Waals surface area contributed by atoms with Gasteiger partial charge < -0.3 is 66.1 Å². The lowest BCUT2D eigenvalue weighted by Gasteiger charge is -2.26. The van der Waals surface area contributed by atoms with Crippen LogP contribution in [0.1, 0.15) is 19.4 Å². The average molecular weight is 1160 g/mol. The van der Waals surface area contributed by atoms with Gasteiger partial charge in [0.2, 0.25) is 11.8 Å². The van der Waals surface area contributed by atoms with Gasteiger partial charge in [-0.2, -0.15) is 13.2 Å². The van der Waals surface area contributed by atoms with Crippen molar-refractivity contribution < 1.29 is 50.1 Å². The SMILES string of the molecule is C=CC(=O)Nc1cc(Nc2cc(Nc3ccc(C(F)(F)F)c(Cl)c3)ncn2)c(OC)cc1N(C)CCNC.C=CC(=O)Nc1cc(Nc2cc(Nc3ccc(OC(F)(F)F)c(Cl)c3)ncn2)c(OC)cc1N(C)CCN(C)C.CC. The molecule has 0 bridgehead atoms. The minimum atomic E-state index is -4.86. The van der Waals surface area contributed by atoms with Crippen LogP contribution in [-0.4, -0.2) is 119 Å². The zero-order valence-electron chi connectivity index (χ0n) is 45.2. The van der Waals surface area contributed by atoms with E-state index in [2.05, 4.69) is 75.0 Å². The maximum Gasteiger partial charge on any atom is 0.573 e. The van der Waals surface area contributed by atoms with Gasteiger partial charge in [-0.3, -0.25) is 9.59 Å². The second-order valence-corrected chi connectivity index (χ2v) is 17.6. The van der Waals surface area contributed by atoms with Gasteiger partial charge in [0, 0.05) is 75.9 Å². The van der Waals surface area contributed by atoms with E-state index in [0.717, 1.165) is 30.1 Å². The van der Waals surface area contributed by atoms with Crippen molar-refractivity contribution in [2.45, 2.75) is 26.4 Å². The lowest BCUT2D eigenvalue weighted by molar-refractivity contribution is -0.274. The van der Waals surface area contributed by atoms with Crippen molar-refractivity contribution in [1.82, 2.24) is 30.2 Å². The molecule has 0 unspecified atom stereocenters. The smallest absolute Gasteiger partial charge is 0.494 e. The first-order valence-electron chi connectivity index (χ1n) is 24.1. The highest BCUT2D eigenvalue weighted by molar-refractivity contribution is 6.32. The Morgan fingerprint density at radius 2 is 1.02 bits per heavy atom. The molecule has 2 heterocycles. The van der Waals surface area contributed by atoms with E-state index in [9.17, 15) is 35.9 Å². The van der Waals surface area contributed by atoms with Gasteiger partial charge in [0.1, 0.15) is 53.2 Å². The van der Waals surface area contributed by atoms with Crippen molar-refractivity contribution in [3.05, 3.63) is 126 Å². The Kier molecular flexibility index (Phi) is 24.3. The van der Waals surface area contributed by atoms with Crippen LogP contribution in [0.2, 0.25) is 10.0 Å². The predicted octanol–water partition coefficient (Wildman–Crippen LogP) is 12.1. The third-order valence-corrected chi connectivity index (χ3v) is 11.4. The first-order chi connectivity index (χ1) is 37.9. The standard InChI is InChI=1S/C26H29ClF3N7O3.C25H27ClF3N7O2.C2H6/c1-6-25(38)35-18-12-19(22(39-5)13-20(18)37(4)10-9-36(2)3)34-24-14-23(31-15-32-24)33-16-7-8-21(17(27)11-16)40-26(28,29)30;1-5-24(37)35-18-11-19(21(38-4)12-20(18)36(3)9-8-30-2)34-23-13-22(31-14-32-23)33-15-6-7-16(17(26)10-15)25(27,28)29;1-2/h6-8,11-15H,1,9-10H2,2-5H3,(H,35,38)(H2,31,32,33,34);5-7,10-14,30H,1,8-9H2,2-4H3,(H,35,37)(H2,31,32,33,34);1-2H3. The summed E-state index contributed by atoms with van der Waals surface area (Å²) in [6.07, 6.45) is -4.49. The highest BCUT2D eigenvalue weighted by Gasteiger charge is 2.33. The van der Waals surface area contributed by atoms with Crippen LogP contribution >= 0.6 is 23.2 Å². The van der Waals surface area contributed by atoms with Crippen LogP contribution in [-0.2, 0) is 15.8 Å². The number of nitrogens with one attached hydrogen (secondary N) is 7. The number of carbonyl (C=O) groups excluding carboxylic acids is 2. The second-order valence-electron chi connectivity index (χ2n) is 16.7. The number of likely N-dealkylation sites (N-methyl/N-ethyl adjacent to an activating group) is 4. The van der Waals surface area contributed by atoms with E-state index >= 15 is 0 Å². The topological polar surface area (TPSA) is 207 Å². The summed E-state index contributed by atoms with van der Waals surface area (Å²) in [4.78, 5) is 47.0. The number of hydrogen-bond acceptors (Lipinski definition) is 17. The molecule has 0 atom stereocenters. The van der Waals surface area contributed by atoms with Crippen LogP contribution in [0.15, 0.2) is 111 Å². The Balaban J connectivity index is 0.000000335. The molecule has 19 nitrogen and oxygen atoms in total. The van der Waals surface area contributed by atoms with Crippen LogP contribution in [0, 0.1) is 0 Å². The Bertz CT molecular complexity index is 3060. The molecule has 0 aliphatic carbocycles. The molecule has 0 aliphatic rings. The minimum absolute atomic E-state index is 0.232. The second kappa shape index (κ2) is 30.2. The van der Waals surface area contributed by atoms with Gasteiger partial charge in [0.05, 0.1) is 64.0 Å².